The van der Waals surface area contributed by atoms with Gasteiger partial charge in [0.1, 0.15) is 41.5 Å². The second-order valence-electron chi connectivity index (χ2n) is 10.3. The van der Waals surface area contributed by atoms with Crippen LogP contribution in [0.25, 0.3) is 11.3 Å². The molecule has 1 aromatic heterocycles. The van der Waals surface area contributed by atoms with Gasteiger partial charge in [-0.3, -0.25) is 14.2 Å². The summed E-state index contributed by atoms with van der Waals surface area (Å²) < 4.78 is 40.8. The summed E-state index contributed by atoms with van der Waals surface area (Å²) in [6.45, 7) is 1.67. The number of phosphoric acid groups is 1. The Morgan fingerprint density at radius 1 is 1.02 bits per heavy atom. The molecule has 1 saturated heterocycles. The van der Waals surface area contributed by atoms with Gasteiger partial charge in [-0.1, -0.05) is 48.4 Å². The van der Waals surface area contributed by atoms with Crippen LogP contribution in [0.15, 0.2) is 60.8 Å². The second kappa shape index (κ2) is 16.1. The molecule has 3 aromatic rings. The predicted octanol–water partition coefficient (Wildman–Crippen LogP) is 2.68. The summed E-state index contributed by atoms with van der Waals surface area (Å²) in [5.74, 6) is 0.513. The molecule has 0 bridgehead atoms. The van der Waals surface area contributed by atoms with Crippen molar-refractivity contribution in [3.05, 3.63) is 60.8 Å². The smallest absolute Gasteiger partial charge is 0.497 e. The number of benzene rings is 2. The maximum atomic E-state index is 12.1. The lowest BCUT2D eigenvalue weighted by atomic mass is 9.96. The van der Waals surface area contributed by atoms with Crippen molar-refractivity contribution in [3.63, 3.8) is 0 Å². The third-order valence-corrected chi connectivity index (χ3v) is 7.83. The average molecular weight is 635 g/mol. The third kappa shape index (κ3) is 9.83. The number of methoxy groups -OCH3 is 1. The van der Waals surface area contributed by atoms with E-state index in [9.17, 15) is 24.5 Å². The van der Waals surface area contributed by atoms with Gasteiger partial charge in [-0.15, -0.1) is 5.10 Å². The minimum atomic E-state index is -4.21. The maximum Gasteiger partial charge on any atom is 0.527 e. The molecular weight excluding hydrogens is 595 g/mol. The van der Waals surface area contributed by atoms with Crippen molar-refractivity contribution in [1.29, 1.82) is 0 Å². The number of unbranched alkanes of at least 4 members (excludes halogenated alkanes) is 3. The molecule has 2 aromatic carbocycles. The van der Waals surface area contributed by atoms with Gasteiger partial charge in [-0.05, 0) is 37.1 Å². The Labute approximate surface area is 255 Å². The summed E-state index contributed by atoms with van der Waals surface area (Å²) in [6.07, 6.45) is -0.359. The van der Waals surface area contributed by atoms with Crippen LogP contribution in [0, 0.1) is 0 Å². The lowest BCUT2D eigenvalue weighted by Gasteiger charge is -2.42. The predicted molar refractivity (Wildman–Crippen MR) is 158 cm³/mol. The summed E-state index contributed by atoms with van der Waals surface area (Å²) in [5, 5.41) is 32.6. The van der Waals surface area contributed by atoms with E-state index in [2.05, 4.69) is 15.6 Å². The Kier molecular flexibility index (Phi) is 12.3. The van der Waals surface area contributed by atoms with Gasteiger partial charge in [0.15, 0.2) is 6.29 Å². The topological polar surface area (TPSA) is 184 Å². The van der Waals surface area contributed by atoms with E-state index < -0.39 is 44.4 Å². The molecule has 44 heavy (non-hydrogen) atoms. The minimum absolute atomic E-state index is 0.0470. The fourth-order valence-corrected chi connectivity index (χ4v) is 5.48. The van der Waals surface area contributed by atoms with E-state index >= 15 is 0 Å². The van der Waals surface area contributed by atoms with Crippen molar-refractivity contribution in [2.75, 3.05) is 20.3 Å². The van der Waals surface area contributed by atoms with Crippen LogP contribution < -0.4 is 14.6 Å². The maximum absolute atomic E-state index is 12.1. The van der Waals surface area contributed by atoms with Gasteiger partial charge in [0.05, 0.1) is 26.5 Å². The van der Waals surface area contributed by atoms with Crippen molar-refractivity contribution in [2.45, 2.75) is 69.8 Å². The van der Waals surface area contributed by atoms with Crippen molar-refractivity contribution in [3.8, 4) is 22.8 Å². The highest BCUT2D eigenvalue weighted by Crippen LogP contribution is 2.43. The molecule has 6 atom stereocenters. The molecular formula is C29H39N4O10P. The second-order valence-corrected chi connectivity index (χ2v) is 11.7. The van der Waals surface area contributed by atoms with E-state index in [4.69, 9.17) is 23.3 Å². The van der Waals surface area contributed by atoms with E-state index in [1.165, 1.54) is 11.6 Å². The standard InChI is InChI=1S/C29H39N4O10P/c1-20(34)30-26-28(36)27(35)25(19-33-18-24(31-32-33)21-11-10-14-23(17-21)39-2)42-29(26)40-15-8-3-4-9-16-41-44(37,38)43-22-12-6-5-7-13-22/h5-7,10-14,17-18,25-29,35-36H,3-4,8-9,15-16,19H2,1-2H3,(H,30,34)(H,37,38). The molecule has 14 nitrogen and oxygen atoms in total. The molecule has 0 spiro atoms. The van der Waals surface area contributed by atoms with Crippen LogP contribution in [0.5, 0.6) is 11.5 Å². The Balaban J connectivity index is 1.24. The third-order valence-electron chi connectivity index (χ3n) is 6.88. The summed E-state index contributed by atoms with van der Waals surface area (Å²) in [6, 6.07) is 14.6. The Hall–Kier alpha value is -3.36. The lowest BCUT2D eigenvalue weighted by Crippen LogP contribution is -2.64. The first-order valence-electron chi connectivity index (χ1n) is 14.3. The first-order chi connectivity index (χ1) is 21.1. The average Bonchev–Trinajstić information content (AvgIpc) is 3.47. The molecule has 4 N–H and O–H groups in total. The lowest BCUT2D eigenvalue weighted by molar-refractivity contribution is -0.267. The fraction of sp³-hybridized carbons (Fsp3) is 0.483. The monoisotopic (exact) mass is 634 g/mol. The highest BCUT2D eigenvalue weighted by Gasteiger charge is 2.45. The number of phosphoric ester groups is 1. The molecule has 15 heteroatoms. The number of aliphatic hydroxyl groups is 2. The first kappa shape index (κ1) is 33.5. The van der Waals surface area contributed by atoms with Gasteiger partial charge in [0.25, 0.3) is 0 Å². The van der Waals surface area contributed by atoms with Crippen LogP contribution in [-0.4, -0.2) is 87.0 Å². The van der Waals surface area contributed by atoms with E-state index in [1.807, 2.05) is 24.3 Å². The Bertz CT molecular complexity index is 1380. The molecule has 1 amide bonds. The van der Waals surface area contributed by atoms with E-state index in [0.717, 1.165) is 12.0 Å². The van der Waals surface area contributed by atoms with Gasteiger partial charge < -0.3 is 34.3 Å². The molecule has 1 aliphatic rings. The fourth-order valence-electron chi connectivity index (χ4n) is 4.68. The molecule has 240 valence electrons. The zero-order valence-corrected chi connectivity index (χ0v) is 25.5. The summed E-state index contributed by atoms with van der Waals surface area (Å²) in [7, 11) is -2.63. The quantitative estimate of drug-likeness (QED) is 0.134. The van der Waals surface area contributed by atoms with Crippen molar-refractivity contribution in [1.82, 2.24) is 20.3 Å². The van der Waals surface area contributed by atoms with Gasteiger partial charge in [0.2, 0.25) is 5.91 Å². The molecule has 2 heterocycles. The highest BCUT2D eigenvalue weighted by molar-refractivity contribution is 7.47. The molecule has 1 fully saturated rings. The molecule has 0 saturated carbocycles. The summed E-state index contributed by atoms with van der Waals surface area (Å²) >= 11 is 0. The zero-order chi connectivity index (χ0) is 31.5. The largest absolute Gasteiger partial charge is 0.527 e. The van der Waals surface area contributed by atoms with Crippen molar-refractivity contribution >= 4 is 13.7 Å². The zero-order valence-electron chi connectivity index (χ0n) is 24.6. The number of nitrogens with one attached hydrogen (secondary N) is 1. The van der Waals surface area contributed by atoms with Crippen LogP contribution in [0.3, 0.4) is 0 Å². The van der Waals surface area contributed by atoms with Crippen molar-refractivity contribution < 1.29 is 47.7 Å². The molecule has 4 rings (SSSR count). The number of rotatable bonds is 16. The van der Waals surface area contributed by atoms with E-state index in [-0.39, 0.29) is 25.5 Å². The number of para-hydroxylation sites is 1. The number of aromatic nitrogens is 3. The highest BCUT2D eigenvalue weighted by atomic mass is 31.2. The normalized spacial score (nSPS) is 23.1. The summed E-state index contributed by atoms with van der Waals surface area (Å²) in [4.78, 5) is 21.7. The molecule has 0 radical (unpaired) electrons. The Morgan fingerprint density at radius 2 is 1.75 bits per heavy atom. The van der Waals surface area contributed by atoms with Gasteiger partial charge >= 0.3 is 7.82 Å². The van der Waals surface area contributed by atoms with Gasteiger partial charge in [0, 0.05) is 19.1 Å². The van der Waals surface area contributed by atoms with Gasteiger partial charge in [-0.2, -0.15) is 0 Å². The Morgan fingerprint density at radius 3 is 2.48 bits per heavy atom. The molecule has 6 unspecified atom stereocenters. The number of amides is 1. The SMILES string of the molecule is COc1cccc(-c2cn(CC3OC(OCCCCCCOP(=O)(O)Oc4ccccc4)C(NC(C)=O)C(O)C3O)nn2)c1. The van der Waals surface area contributed by atoms with E-state index in [1.54, 1.807) is 43.6 Å². The van der Waals surface area contributed by atoms with Crippen LogP contribution in [-0.2, 0) is 29.9 Å². The number of hydrogen-bond acceptors (Lipinski definition) is 11. The number of hydrogen-bond donors (Lipinski definition) is 4. The van der Waals surface area contributed by atoms with E-state index in [0.29, 0.717) is 30.7 Å². The van der Waals surface area contributed by atoms with Crippen molar-refractivity contribution in [2.24, 2.45) is 0 Å². The van der Waals surface area contributed by atoms with Crippen LogP contribution >= 0.6 is 7.82 Å². The number of aliphatic hydroxyl groups excluding tert-OH is 2. The molecule has 0 aliphatic carbocycles. The minimum Gasteiger partial charge on any atom is -0.497 e. The van der Waals surface area contributed by atoms with Crippen LogP contribution in [0.1, 0.15) is 32.6 Å². The number of nitrogens with zero attached hydrogens (tertiary/aromatic N) is 3. The van der Waals surface area contributed by atoms with Crippen LogP contribution in [0.4, 0.5) is 0 Å². The van der Waals surface area contributed by atoms with Crippen LogP contribution in [0.2, 0.25) is 0 Å². The first-order valence-corrected chi connectivity index (χ1v) is 15.8. The number of carbonyl (C=O) groups is 1. The summed E-state index contributed by atoms with van der Waals surface area (Å²) in [5.41, 5.74) is 1.39. The number of carbonyl (C=O) groups excluding carboxylic acids is 1. The van der Waals surface area contributed by atoms with Gasteiger partial charge in [-0.25, -0.2) is 9.25 Å². The number of ether oxygens (including phenoxy) is 3. The molecule has 1 aliphatic heterocycles.